The fourth-order valence-electron chi connectivity index (χ4n) is 2.32. The van der Waals surface area contributed by atoms with Crippen LogP contribution in [-0.4, -0.2) is 24.4 Å². The van der Waals surface area contributed by atoms with Gasteiger partial charge >= 0.3 is 11.9 Å². The molecule has 0 aliphatic rings. The number of halogens is 1. The number of nitrogens with one attached hydrogen (secondary N) is 2. The lowest BCUT2D eigenvalue weighted by molar-refractivity contribution is -0.151. The highest BCUT2D eigenvalue weighted by Crippen LogP contribution is 2.27. The van der Waals surface area contributed by atoms with Gasteiger partial charge < -0.3 is 9.15 Å². The summed E-state index contributed by atoms with van der Waals surface area (Å²) >= 11 is 5.87. The minimum absolute atomic E-state index is 0.0367. The van der Waals surface area contributed by atoms with E-state index in [-0.39, 0.29) is 11.7 Å². The van der Waals surface area contributed by atoms with Crippen LogP contribution in [0.4, 0.5) is 0 Å². The van der Waals surface area contributed by atoms with E-state index in [1.807, 2.05) is 13.8 Å². The molecule has 2 aromatic rings. The van der Waals surface area contributed by atoms with Gasteiger partial charge in [0.1, 0.15) is 0 Å². The van der Waals surface area contributed by atoms with Gasteiger partial charge in [0.25, 0.3) is 5.91 Å². The number of benzene rings is 1. The standard InChI is InChI=1S/C18H19ClN2O5/c1-11(2)16(12-5-7-13(19)8-6-12)18(24)26-10-15(22)20-21-17(23)14-4-3-9-25-14/h3-9,11,16H,10H2,1-2H3,(H,20,22)(H,21,23)/t16-/m1/s1. The first-order valence-corrected chi connectivity index (χ1v) is 8.31. The van der Waals surface area contributed by atoms with Crippen LogP contribution in [0.3, 0.4) is 0 Å². The predicted molar refractivity (Wildman–Crippen MR) is 94.3 cm³/mol. The average Bonchev–Trinajstić information content (AvgIpc) is 3.14. The van der Waals surface area contributed by atoms with Crippen molar-refractivity contribution in [3.8, 4) is 0 Å². The quantitative estimate of drug-likeness (QED) is 0.595. The summed E-state index contributed by atoms with van der Waals surface area (Å²) < 4.78 is 9.96. The Labute approximate surface area is 155 Å². The largest absolute Gasteiger partial charge is 0.459 e. The average molecular weight is 379 g/mol. The molecule has 2 amide bonds. The molecule has 1 aromatic carbocycles. The number of carbonyl (C=O) groups excluding carboxylic acids is 3. The topological polar surface area (TPSA) is 97.6 Å². The molecule has 2 N–H and O–H groups in total. The van der Waals surface area contributed by atoms with E-state index in [0.29, 0.717) is 5.02 Å². The summed E-state index contributed by atoms with van der Waals surface area (Å²) in [7, 11) is 0. The van der Waals surface area contributed by atoms with Crippen molar-refractivity contribution < 1.29 is 23.5 Å². The van der Waals surface area contributed by atoms with E-state index in [1.165, 1.54) is 12.3 Å². The third kappa shape index (κ3) is 5.35. The molecule has 8 heteroatoms. The Morgan fingerprint density at radius 2 is 1.81 bits per heavy atom. The van der Waals surface area contributed by atoms with E-state index in [1.54, 1.807) is 30.3 Å². The number of carbonyl (C=O) groups is 3. The zero-order chi connectivity index (χ0) is 19.1. The number of hydrazine groups is 1. The van der Waals surface area contributed by atoms with Gasteiger partial charge in [-0.25, -0.2) is 0 Å². The molecule has 0 fully saturated rings. The number of hydrogen-bond donors (Lipinski definition) is 2. The third-order valence-corrected chi connectivity index (χ3v) is 3.81. The van der Waals surface area contributed by atoms with Gasteiger partial charge in [0.05, 0.1) is 12.2 Å². The maximum atomic E-state index is 12.4. The van der Waals surface area contributed by atoms with Crippen LogP contribution in [0.5, 0.6) is 0 Å². The van der Waals surface area contributed by atoms with Crippen molar-refractivity contribution in [1.29, 1.82) is 0 Å². The van der Waals surface area contributed by atoms with Crippen molar-refractivity contribution in [3.63, 3.8) is 0 Å². The molecule has 138 valence electrons. The maximum absolute atomic E-state index is 12.4. The van der Waals surface area contributed by atoms with Crippen molar-refractivity contribution in [2.45, 2.75) is 19.8 Å². The molecule has 0 saturated heterocycles. The summed E-state index contributed by atoms with van der Waals surface area (Å²) in [5.41, 5.74) is 5.06. The van der Waals surface area contributed by atoms with Crippen molar-refractivity contribution in [1.82, 2.24) is 10.9 Å². The second kappa shape index (κ2) is 9.05. The fourth-order valence-corrected chi connectivity index (χ4v) is 2.45. The third-order valence-electron chi connectivity index (χ3n) is 3.56. The van der Waals surface area contributed by atoms with Crippen LogP contribution >= 0.6 is 11.6 Å². The lowest BCUT2D eigenvalue weighted by atomic mass is 9.88. The molecular weight excluding hydrogens is 360 g/mol. The molecule has 1 heterocycles. The molecule has 0 aliphatic heterocycles. The van der Waals surface area contributed by atoms with E-state index in [2.05, 4.69) is 10.9 Å². The first kappa shape index (κ1) is 19.5. The van der Waals surface area contributed by atoms with E-state index >= 15 is 0 Å². The van der Waals surface area contributed by atoms with Crippen molar-refractivity contribution >= 4 is 29.4 Å². The zero-order valence-electron chi connectivity index (χ0n) is 14.3. The minimum atomic E-state index is -0.670. The highest BCUT2D eigenvalue weighted by Gasteiger charge is 2.26. The van der Waals surface area contributed by atoms with E-state index in [0.717, 1.165) is 5.56 Å². The van der Waals surface area contributed by atoms with Gasteiger partial charge in [-0.1, -0.05) is 37.6 Å². The van der Waals surface area contributed by atoms with Crippen LogP contribution in [0, 0.1) is 5.92 Å². The van der Waals surface area contributed by atoms with Crippen molar-refractivity contribution in [2.24, 2.45) is 5.92 Å². The van der Waals surface area contributed by atoms with Gasteiger partial charge in [-0.05, 0) is 35.7 Å². The van der Waals surface area contributed by atoms with Crippen LogP contribution in [0.25, 0.3) is 0 Å². The first-order chi connectivity index (χ1) is 12.4. The molecule has 0 spiro atoms. The molecule has 0 radical (unpaired) electrons. The van der Waals surface area contributed by atoms with E-state index < -0.39 is 30.3 Å². The van der Waals surface area contributed by atoms with Crippen molar-refractivity contribution in [2.75, 3.05) is 6.61 Å². The van der Waals surface area contributed by atoms with Crippen LogP contribution in [0.2, 0.25) is 5.02 Å². The highest BCUT2D eigenvalue weighted by atomic mass is 35.5. The summed E-state index contributed by atoms with van der Waals surface area (Å²) in [5, 5.41) is 0.566. The molecule has 2 rings (SSSR count). The van der Waals surface area contributed by atoms with E-state index in [4.69, 9.17) is 20.8 Å². The zero-order valence-corrected chi connectivity index (χ0v) is 15.1. The Morgan fingerprint density at radius 1 is 1.12 bits per heavy atom. The molecule has 0 unspecified atom stereocenters. The van der Waals surface area contributed by atoms with Gasteiger partial charge in [0.2, 0.25) is 0 Å². The number of amides is 2. The molecule has 26 heavy (non-hydrogen) atoms. The second-order valence-corrected chi connectivity index (χ2v) is 6.30. The molecule has 1 aromatic heterocycles. The van der Waals surface area contributed by atoms with Crippen LogP contribution in [0.15, 0.2) is 47.1 Å². The molecule has 1 atom stereocenters. The summed E-state index contributed by atoms with van der Waals surface area (Å²) in [6, 6.07) is 9.87. The Bertz CT molecular complexity index is 756. The minimum Gasteiger partial charge on any atom is -0.459 e. The molecular formula is C18H19ClN2O5. The Morgan fingerprint density at radius 3 is 2.38 bits per heavy atom. The SMILES string of the molecule is CC(C)[C@@H](C(=O)OCC(=O)NNC(=O)c1ccco1)c1ccc(Cl)cc1. The highest BCUT2D eigenvalue weighted by molar-refractivity contribution is 6.30. The van der Waals surface area contributed by atoms with Gasteiger partial charge in [-0.15, -0.1) is 0 Å². The number of esters is 1. The van der Waals surface area contributed by atoms with E-state index in [9.17, 15) is 14.4 Å². The summed E-state index contributed by atoms with van der Waals surface area (Å²) in [4.78, 5) is 35.7. The molecule has 0 bridgehead atoms. The number of rotatable bonds is 6. The van der Waals surface area contributed by atoms with Gasteiger partial charge in [-0.3, -0.25) is 25.2 Å². The first-order valence-electron chi connectivity index (χ1n) is 7.93. The van der Waals surface area contributed by atoms with Crippen LogP contribution in [-0.2, 0) is 14.3 Å². The fraction of sp³-hybridized carbons (Fsp3) is 0.278. The maximum Gasteiger partial charge on any atom is 0.314 e. The number of furan rings is 1. The number of hydrogen-bond acceptors (Lipinski definition) is 5. The number of ether oxygens (including phenoxy) is 1. The smallest absolute Gasteiger partial charge is 0.314 e. The normalized spacial score (nSPS) is 11.7. The Hall–Kier alpha value is -2.80. The lowest BCUT2D eigenvalue weighted by Gasteiger charge is -2.19. The molecule has 0 aliphatic carbocycles. The van der Waals surface area contributed by atoms with Gasteiger partial charge in [0, 0.05) is 5.02 Å². The molecule has 0 saturated carbocycles. The summed E-state index contributed by atoms with van der Waals surface area (Å²) in [5.74, 6) is -2.34. The Balaban J connectivity index is 1.86. The van der Waals surface area contributed by atoms with Crippen molar-refractivity contribution in [3.05, 3.63) is 59.0 Å². The summed E-state index contributed by atoms with van der Waals surface area (Å²) in [6.07, 6.45) is 1.33. The monoisotopic (exact) mass is 378 g/mol. The lowest BCUT2D eigenvalue weighted by Crippen LogP contribution is -2.43. The predicted octanol–water partition coefficient (Wildman–Crippen LogP) is 2.68. The van der Waals surface area contributed by atoms with Crippen LogP contribution < -0.4 is 10.9 Å². The van der Waals surface area contributed by atoms with Gasteiger partial charge in [0.15, 0.2) is 12.4 Å². The molecule has 7 nitrogen and oxygen atoms in total. The van der Waals surface area contributed by atoms with Gasteiger partial charge in [-0.2, -0.15) is 0 Å². The Kier molecular flexibility index (Phi) is 6.80. The second-order valence-electron chi connectivity index (χ2n) is 5.86. The summed E-state index contributed by atoms with van der Waals surface area (Å²) in [6.45, 7) is 3.24. The van der Waals surface area contributed by atoms with Crippen LogP contribution in [0.1, 0.15) is 35.9 Å².